The van der Waals surface area contributed by atoms with Gasteiger partial charge in [0, 0.05) is 7.11 Å². The van der Waals surface area contributed by atoms with Gasteiger partial charge in [0.15, 0.2) is 0 Å². The summed E-state index contributed by atoms with van der Waals surface area (Å²) >= 11 is 0. The third-order valence-corrected chi connectivity index (χ3v) is 4.24. The van der Waals surface area contributed by atoms with Crippen molar-refractivity contribution in [2.75, 3.05) is 13.7 Å². The van der Waals surface area contributed by atoms with Gasteiger partial charge in [-0.2, -0.15) is 0 Å². The van der Waals surface area contributed by atoms with E-state index in [0.717, 1.165) is 44.9 Å². The van der Waals surface area contributed by atoms with Gasteiger partial charge in [-0.3, -0.25) is 13.6 Å². The number of hydrogen-bond acceptors (Lipinski definition) is 5. The maximum Gasteiger partial charge on any atom is 0.474 e. The molecule has 0 aliphatic heterocycles. The van der Waals surface area contributed by atoms with Crippen LogP contribution in [0.15, 0.2) is 0 Å². The van der Waals surface area contributed by atoms with E-state index in [1.54, 1.807) is 0 Å². The quantitative estimate of drug-likeness (QED) is 0.400. The van der Waals surface area contributed by atoms with E-state index in [1.165, 1.54) is 7.11 Å². The zero-order valence-electron chi connectivity index (χ0n) is 13.0. The Balaban J connectivity index is 0. The number of unbranched alkanes of at least 4 members (excludes halogenated alkanes) is 2. The highest BCUT2D eigenvalue weighted by Crippen LogP contribution is 2.50. The number of phosphoric acid groups is 1. The van der Waals surface area contributed by atoms with Crippen LogP contribution in [0.5, 0.6) is 0 Å². The highest BCUT2D eigenvalue weighted by Gasteiger charge is 2.28. The average Bonchev–Trinajstić information content (AvgIpc) is 2.36. The van der Waals surface area contributed by atoms with Crippen LogP contribution < -0.4 is 6.15 Å². The summed E-state index contributed by atoms with van der Waals surface area (Å²) < 4.78 is 28.1. The zero-order valence-corrected chi connectivity index (χ0v) is 13.9. The second-order valence-corrected chi connectivity index (χ2v) is 6.20. The monoisotopic (exact) mass is 297 g/mol. The van der Waals surface area contributed by atoms with Gasteiger partial charge in [-0.05, 0) is 19.3 Å². The summed E-state index contributed by atoms with van der Waals surface area (Å²) in [6.45, 7) is 6.71. The van der Waals surface area contributed by atoms with Crippen molar-refractivity contribution in [2.24, 2.45) is 0 Å². The van der Waals surface area contributed by atoms with Gasteiger partial charge in [-0.1, -0.05) is 46.5 Å². The molecule has 5 nitrogen and oxygen atoms in total. The van der Waals surface area contributed by atoms with Crippen LogP contribution in [0.25, 0.3) is 0 Å². The van der Waals surface area contributed by atoms with E-state index in [2.05, 4.69) is 20.8 Å². The van der Waals surface area contributed by atoms with Crippen molar-refractivity contribution in [3.05, 3.63) is 0 Å². The lowest BCUT2D eigenvalue weighted by Crippen LogP contribution is -2.13. The molecule has 0 radical (unpaired) electrons. The predicted octanol–water partition coefficient (Wildman–Crippen LogP) is 5.10. The number of phosphoric ester groups is 1. The fourth-order valence-electron chi connectivity index (χ4n) is 1.63. The summed E-state index contributed by atoms with van der Waals surface area (Å²) in [7, 11) is -1.97. The van der Waals surface area contributed by atoms with E-state index in [4.69, 9.17) is 13.6 Å². The summed E-state index contributed by atoms with van der Waals surface area (Å²) in [5.41, 5.74) is 0. The SMILES string of the molecule is CCCCOP(=O)(OC)OC(CCC)CCCC.N. The first-order valence-electron chi connectivity index (χ1n) is 7.10. The molecule has 0 fully saturated rings. The van der Waals surface area contributed by atoms with Gasteiger partial charge in [-0.25, -0.2) is 4.57 Å². The summed E-state index contributed by atoms with van der Waals surface area (Å²) in [6.07, 6.45) is 6.83. The van der Waals surface area contributed by atoms with Crippen molar-refractivity contribution < 1.29 is 18.1 Å². The predicted molar refractivity (Wildman–Crippen MR) is 79.8 cm³/mol. The fourth-order valence-corrected chi connectivity index (χ4v) is 2.81. The van der Waals surface area contributed by atoms with Crippen LogP contribution in [0.4, 0.5) is 0 Å². The van der Waals surface area contributed by atoms with Gasteiger partial charge < -0.3 is 6.15 Å². The third-order valence-electron chi connectivity index (χ3n) is 2.74. The van der Waals surface area contributed by atoms with Gasteiger partial charge in [0.1, 0.15) is 0 Å². The van der Waals surface area contributed by atoms with E-state index in [0.29, 0.717) is 6.61 Å². The molecule has 3 N–H and O–H groups in total. The average molecular weight is 297 g/mol. The first-order valence-corrected chi connectivity index (χ1v) is 8.56. The minimum atomic E-state index is -3.36. The molecule has 0 rings (SSSR count). The van der Waals surface area contributed by atoms with E-state index in [9.17, 15) is 4.57 Å². The smallest absolute Gasteiger partial charge is 0.344 e. The molecule has 0 saturated carbocycles. The Morgan fingerprint density at radius 2 is 1.63 bits per heavy atom. The third kappa shape index (κ3) is 10.5. The van der Waals surface area contributed by atoms with Crippen molar-refractivity contribution >= 4 is 7.82 Å². The molecule has 0 aromatic carbocycles. The molecule has 2 unspecified atom stereocenters. The van der Waals surface area contributed by atoms with E-state index >= 15 is 0 Å². The van der Waals surface area contributed by atoms with Gasteiger partial charge in [-0.15, -0.1) is 0 Å². The van der Waals surface area contributed by atoms with E-state index in [-0.39, 0.29) is 12.3 Å². The summed E-state index contributed by atoms with van der Waals surface area (Å²) in [5.74, 6) is 0. The lowest BCUT2D eigenvalue weighted by Gasteiger charge is -2.22. The van der Waals surface area contributed by atoms with Crippen molar-refractivity contribution in [1.29, 1.82) is 0 Å². The molecule has 6 heteroatoms. The molecular weight excluding hydrogens is 265 g/mol. The van der Waals surface area contributed by atoms with E-state index < -0.39 is 7.82 Å². The summed E-state index contributed by atoms with van der Waals surface area (Å²) in [5, 5.41) is 0. The first kappa shape index (κ1) is 21.4. The molecule has 2 atom stereocenters. The highest BCUT2D eigenvalue weighted by molar-refractivity contribution is 7.48. The minimum Gasteiger partial charge on any atom is -0.344 e. The van der Waals surface area contributed by atoms with Gasteiger partial charge >= 0.3 is 7.82 Å². The second kappa shape index (κ2) is 13.1. The molecule has 0 amide bonds. The molecule has 0 saturated heterocycles. The van der Waals surface area contributed by atoms with Gasteiger partial charge in [0.2, 0.25) is 0 Å². The summed E-state index contributed by atoms with van der Waals surface area (Å²) in [4.78, 5) is 0. The minimum absolute atomic E-state index is 0. The Labute approximate surface area is 118 Å². The molecule has 0 bridgehead atoms. The summed E-state index contributed by atoms with van der Waals surface area (Å²) in [6, 6.07) is 0. The largest absolute Gasteiger partial charge is 0.474 e. The maximum atomic E-state index is 12.2. The number of rotatable bonds is 12. The van der Waals surface area contributed by atoms with Crippen molar-refractivity contribution in [1.82, 2.24) is 6.15 Å². The Hall–Kier alpha value is 0.0700. The maximum absolute atomic E-state index is 12.2. The topological polar surface area (TPSA) is 79.8 Å². The lowest BCUT2D eigenvalue weighted by molar-refractivity contribution is 0.0801. The molecule has 0 aliphatic rings. The first-order chi connectivity index (χ1) is 8.61. The second-order valence-electron chi connectivity index (χ2n) is 4.47. The number of hydrogen-bond donors (Lipinski definition) is 1. The molecule has 0 heterocycles. The van der Waals surface area contributed by atoms with Crippen LogP contribution in [0.1, 0.15) is 65.7 Å². The molecule has 0 aliphatic carbocycles. The fraction of sp³-hybridized carbons (Fsp3) is 1.00. The molecule has 118 valence electrons. The standard InChI is InChI=1S/C13H29O4P.H3N/c1-5-8-11-13(10-7-3)17-18(14,15-4)16-12-9-6-2;/h13H,5-12H2,1-4H3;1H3. The van der Waals surface area contributed by atoms with Crippen molar-refractivity contribution in [3.8, 4) is 0 Å². The Kier molecular flexibility index (Phi) is 14.7. The molecular formula is C13H32NO4P. The van der Waals surface area contributed by atoms with E-state index in [1.807, 2.05) is 0 Å². The molecule has 0 aromatic rings. The van der Waals surface area contributed by atoms with Gasteiger partial charge in [0.25, 0.3) is 0 Å². The normalized spacial score (nSPS) is 15.6. The van der Waals surface area contributed by atoms with Gasteiger partial charge in [0.05, 0.1) is 12.7 Å². The zero-order chi connectivity index (χ0) is 13.9. The Bertz CT molecular complexity index is 239. The van der Waals surface area contributed by atoms with Crippen LogP contribution in [-0.4, -0.2) is 19.8 Å². The highest BCUT2D eigenvalue weighted by atomic mass is 31.2. The van der Waals surface area contributed by atoms with Crippen LogP contribution in [0.3, 0.4) is 0 Å². The van der Waals surface area contributed by atoms with Crippen molar-refractivity contribution in [3.63, 3.8) is 0 Å². The van der Waals surface area contributed by atoms with Crippen LogP contribution in [0, 0.1) is 0 Å². The Morgan fingerprint density at radius 1 is 1.00 bits per heavy atom. The van der Waals surface area contributed by atoms with Crippen LogP contribution in [-0.2, 0) is 18.1 Å². The van der Waals surface area contributed by atoms with Crippen LogP contribution in [0.2, 0.25) is 0 Å². The molecule has 0 aromatic heterocycles. The van der Waals surface area contributed by atoms with Crippen LogP contribution >= 0.6 is 7.82 Å². The van der Waals surface area contributed by atoms with Crippen molar-refractivity contribution in [2.45, 2.75) is 71.8 Å². The molecule has 0 spiro atoms. The molecule has 19 heavy (non-hydrogen) atoms. The Morgan fingerprint density at radius 3 is 2.11 bits per heavy atom. The lowest BCUT2D eigenvalue weighted by atomic mass is 10.1.